The maximum atomic E-state index is 9.60. The number of hydrogen-bond acceptors (Lipinski definition) is 4. The molecular weight excluding hydrogens is 282 g/mol. The number of aryl methyl sites for hydroxylation is 3. The van der Waals surface area contributed by atoms with Crippen molar-refractivity contribution in [2.45, 2.75) is 20.4 Å². The number of para-hydroxylation sites is 1. The third kappa shape index (κ3) is 4.93. The molecule has 0 aliphatic carbocycles. The highest BCUT2D eigenvalue weighted by Crippen LogP contribution is 2.12. The standard InChI is InChI=1S/C16H21N3OS/c1-13-11-14(2)19(18-13)8-10-21-9-7-17-12-15-5-3-4-6-16(15)20/h3-6,11-12,20H,7-10H2,1-2H3. The second-order valence-corrected chi connectivity index (χ2v) is 6.08. The van der Waals surface area contributed by atoms with Crippen LogP contribution in [0.3, 0.4) is 0 Å². The molecule has 0 fully saturated rings. The molecule has 1 heterocycles. The van der Waals surface area contributed by atoms with Crippen molar-refractivity contribution in [3.8, 4) is 5.75 Å². The fraction of sp³-hybridized carbons (Fsp3) is 0.375. The molecule has 0 atom stereocenters. The predicted octanol–water partition coefficient (Wildman–Crippen LogP) is 3.06. The molecule has 4 nitrogen and oxygen atoms in total. The summed E-state index contributed by atoms with van der Waals surface area (Å²) in [4.78, 5) is 4.34. The molecule has 21 heavy (non-hydrogen) atoms. The Hall–Kier alpha value is -1.75. The summed E-state index contributed by atoms with van der Waals surface area (Å²) in [7, 11) is 0. The van der Waals surface area contributed by atoms with E-state index in [4.69, 9.17) is 0 Å². The largest absolute Gasteiger partial charge is 0.507 e. The van der Waals surface area contributed by atoms with Gasteiger partial charge in [0, 0.05) is 35.5 Å². The van der Waals surface area contributed by atoms with Gasteiger partial charge in [-0.25, -0.2) is 0 Å². The Labute approximate surface area is 129 Å². The SMILES string of the molecule is Cc1cc(C)n(CCSCCN=Cc2ccccc2O)n1. The van der Waals surface area contributed by atoms with E-state index in [1.165, 1.54) is 5.69 Å². The van der Waals surface area contributed by atoms with Crippen LogP contribution in [0.1, 0.15) is 17.0 Å². The first-order chi connectivity index (χ1) is 10.2. The van der Waals surface area contributed by atoms with Crippen LogP contribution in [-0.4, -0.2) is 39.2 Å². The topological polar surface area (TPSA) is 50.4 Å². The molecule has 0 aliphatic heterocycles. The van der Waals surface area contributed by atoms with Crippen LogP contribution in [0.15, 0.2) is 35.3 Å². The number of phenols is 1. The van der Waals surface area contributed by atoms with E-state index in [2.05, 4.69) is 23.1 Å². The molecule has 0 unspecified atom stereocenters. The minimum atomic E-state index is 0.276. The van der Waals surface area contributed by atoms with E-state index in [-0.39, 0.29) is 5.75 Å². The molecule has 0 bridgehead atoms. The number of benzene rings is 1. The minimum absolute atomic E-state index is 0.276. The van der Waals surface area contributed by atoms with E-state index < -0.39 is 0 Å². The van der Waals surface area contributed by atoms with Crippen LogP contribution in [0.2, 0.25) is 0 Å². The summed E-state index contributed by atoms with van der Waals surface area (Å²) in [5, 5.41) is 14.0. The first kappa shape index (κ1) is 15.6. The number of aromatic hydroxyl groups is 1. The predicted molar refractivity (Wildman–Crippen MR) is 89.6 cm³/mol. The number of aliphatic imine (C=N–C) groups is 1. The third-order valence-corrected chi connectivity index (χ3v) is 4.03. The van der Waals surface area contributed by atoms with Gasteiger partial charge in [0.05, 0.1) is 12.2 Å². The van der Waals surface area contributed by atoms with Crippen LogP contribution in [0.25, 0.3) is 0 Å². The zero-order chi connectivity index (χ0) is 15.1. The lowest BCUT2D eigenvalue weighted by Gasteiger charge is -2.03. The number of hydrogen-bond donors (Lipinski definition) is 1. The first-order valence-electron chi connectivity index (χ1n) is 7.03. The van der Waals surface area contributed by atoms with Crippen LogP contribution >= 0.6 is 11.8 Å². The second kappa shape index (κ2) is 7.88. The molecule has 0 aliphatic rings. The van der Waals surface area contributed by atoms with Crippen molar-refractivity contribution in [1.29, 1.82) is 0 Å². The Morgan fingerprint density at radius 1 is 1.29 bits per heavy atom. The second-order valence-electron chi connectivity index (χ2n) is 4.86. The van der Waals surface area contributed by atoms with Crippen LogP contribution in [0.4, 0.5) is 0 Å². The van der Waals surface area contributed by atoms with Gasteiger partial charge >= 0.3 is 0 Å². The Morgan fingerprint density at radius 2 is 2.10 bits per heavy atom. The lowest BCUT2D eigenvalue weighted by Crippen LogP contribution is -2.05. The molecule has 0 amide bonds. The van der Waals surface area contributed by atoms with E-state index in [1.54, 1.807) is 12.3 Å². The van der Waals surface area contributed by atoms with E-state index in [9.17, 15) is 5.11 Å². The van der Waals surface area contributed by atoms with Gasteiger partial charge in [0.15, 0.2) is 0 Å². The normalized spacial score (nSPS) is 11.3. The molecule has 112 valence electrons. The van der Waals surface area contributed by atoms with Crippen molar-refractivity contribution in [1.82, 2.24) is 9.78 Å². The molecule has 2 rings (SSSR count). The van der Waals surface area contributed by atoms with Gasteiger partial charge in [0.25, 0.3) is 0 Å². The van der Waals surface area contributed by atoms with Crippen LogP contribution in [0.5, 0.6) is 5.75 Å². The fourth-order valence-corrected chi connectivity index (χ4v) is 2.77. The van der Waals surface area contributed by atoms with Crippen LogP contribution < -0.4 is 0 Å². The number of rotatable bonds is 7. The van der Waals surface area contributed by atoms with E-state index >= 15 is 0 Å². The monoisotopic (exact) mass is 303 g/mol. The summed E-state index contributed by atoms with van der Waals surface area (Å²) in [6.45, 7) is 5.80. The number of phenolic OH excluding ortho intramolecular Hbond substituents is 1. The average molecular weight is 303 g/mol. The lowest BCUT2D eigenvalue weighted by atomic mass is 10.2. The highest BCUT2D eigenvalue weighted by Gasteiger charge is 2.00. The molecule has 5 heteroatoms. The Kier molecular flexibility index (Phi) is 5.87. The van der Waals surface area contributed by atoms with Gasteiger partial charge in [0.2, 0.25) is 0 Å². The summed E-state index contributed by atoms with van der Waals surface area (Å²) in [6, 6.07) is 9.33. The van der Waals surface area contributed by atoms with Gasteiger partial charge < -0.3 is 5.11 Å². The van der Waals surface area contributed by atoms with Crippen molar-refractivity contribution in [2.24, 2.45) is 4.99 Å². The summed E-state index contributed by atoms with van der Waals surface area (Å²) >= 11 is 1.87. The third-order valence-electron chi connectivity index (χ3n) is 3.08. The summed E-state index contributed by atoms with van der Waals surface area (Å²) in [6.07, 6.45) is 1.73. The number of nitrogens with zero attached hydrogens (tertiary/aromatic N) is 3. The molecule has 1 aromatic heterocycles. The highest BCUT2D eigenvalue weighted by atomic mass is 32.2. The van der Waals surface area contributed by atoms with E-state index in [0.717, 1.165) is 35.9 Å². The molecule has 1 N–H and O–H groups in total. The maximum Gasteiger partial charge on any atom is 0.124 e. The quantitative estimate of drug-likeness (QED) is 0.632. The minimum Gasteiger partial charge on any atom is -0.507 e. The van der Waals surface area contributed by atoms with Crippen molar-refractivity contribution < 1.29 is 5.11 Å². The van der Waals surface area contributed by atoms with Gasteiger partial charge in [-0.3, -0.25) is 9.67 Å². The van der Waals surface area contributed by atoms with Gasteiger partial charge in [-0.05, 0) is 32.0 Å². The van der Waals surface area contributed by atoms with Gasteiger partial charge in [-0.2, -0.15) is 16.9 Å². The molecule has 0 spiro atoms. The Morgan fingerprint density at radius 3 is 2.81 bits per heavy atom. The molecular formula is C16H21N3OS. The average Bonchev–Trinajstić information content (AvgIpc) is 2.78. The lowest BCUT2D eigenvalue weighted by molar-refractivity contribution is 0.474. The molecule has 0 radical (unpaired) electrons. The Bertz CT molecular complexity index is 607. The van der Waals surface area contributed by atoms with Crippen LogP contribution in [-0.2, 0) is 6.54 Å². The van der Waals surface area contributed by atoms with Crippen LogP contribution in [0, 0.1) is 13.8 Å². The van der Waals surface area contributed by atoms with E-state index in [1.807, 2.05) is 41.6 Å². The molecule has 0 saturated carbocycles. The first-order valence-corrected chi connectivity index (χ1v) is 8.19. The number of aromatic nitrogens is 2. The van der Waals surface area contributed by atoms with Gasteiger partial charge in [-0.15, -0.1) is 0 Å². The zero-order valence-electron chi connectivity index (χ0n) is 12.5. The fourth-order valence-electron chi connectivity index (χ4n) is 2.03. The van der Waals surface area contributed by atoms with Crippen molar-refractivity contribution in [3.63, 3.8) is 0 Å². The Balaban J connectivity index is 1.64. The summed E-state index contributed by atoms with van der Waals surface area (Å²) in [5.41, 5.74) is 3.06. The van der Waals surface area contributed by atoms with Gasteiger partial charge in [0.1, 0.15) is 5.75 Å². The van der Waals surface area contributed by atoms with Crippen molar-refractivity contribution in [3.05, 3.63) is 47.3 Å². The van der Waals surface area contributed by atoms with E-state index in [0.29, 0.717) is 0 Å². The van der Waals surface area contributed by atoms with Crippen molar-refractivity contribution >= 4 is 18.0 Å². The van der Waals surface area contributed by atoms with Gasteiger partial charge in [-0.1, -0.05) is 12.1 Å². The smallest absolute Gasteiger partial charge is 0.124 e. The molecule has 1 aromatic carbocycles. The highest BCUT2D eigenvalue weighted by molar-refractivity contribution is 7.99. The zero-order valence-corrected chi connectivity index (χ0v) is 13.3. The molecule has 2 aromatic rings. The van der Waals surface area contributed by atoms with Crippen molar-refractivity contribution in [2.75, 3.05) is 18.1 Å². The maximum absolute atomic E-state index is 9.60. The summed E-state index contributed by atoms with van der Waals surface area (Å²) < 4.78 is 2.05. The molecule has 0 saturated heterocycles. The number of thioether (sulfide) groups is 1. The summed E-state index contributed by atoms with van der Waals surface area (Å²) in [5.74, 6) is 2.29.